The van der Waals surface area contributed by atoms with E-state index in [1.807, 2.05) is 13.8 Å². The number of aliphatic imine (C=N–C) groups is 1. The van der Waals surface area contributed by atoms with Gasteiger partial charge in [-0.15, -0.1) is 0 Å². The van der Waals surface area contributed by atoms with Crippen molar-refractivity contribution in [3.8, 4) is 0 Å². The van der Waals surface area contributed by atoms with Crippen molar-refractivity contribution in [2.45, 2.75) is 95.4 Å². The highest BCUT2D eigenvalue weighted by Crippen LogP contribution is 2.20. The van der Waals surface area contributed by atoms with E-state index < -0.39 is 91.0 Å². The van der Waals surface area contributed by atoms with Crippen LogP contribution in [0.15, 0.2) is 4.99 Å². The van der Waals surface area contributed by atoms with Crippen molar-refractivity contribution in [1.29, 1.82) is 0 Å². The van der Waals surface area contributed by atoms with E-state index in [1.54, 1.807) is 0 Å². The molecule has 0 unspecified atom stereocenters. The third-order valence-corrected chi connectivity index (χ3v) is 6.73. The minimum absolute atomic E-state index is 0.0654. The SMILES string of the molecule is CC(C)C[C@H](N)C(=O)N1CCC[C@H]1C(=O)N[C@@H](CCC(=O)O)C(=O)N[C@@H](CC(=O)O)C(=O)N[C@@H](CCCN=C(N)N)C(=O)O. The Bertz CT molecular complexity index is 1090. The minimum Gasteiger partial charge on any atom is -0.481 e. The molecule has 0 spiro atoms. The molecule has 1 aliphatic heterocycles. The number of rotatable bonds is 19. The lowest BCUT2D eigenvalue weighted by atomic mass is 10.0. The molecule has 1 saturated heterocycles. The average Bonchev–Trinajstić information content (AvgIpc) is 3.40. The molecule has 18 nitrogen and oxygen atoms in total. The molecule has 5 atom stereocenters. The maximum absolute atomic E-state index is 13.2. The first-order valence-corrected chi connectivity index (χ1v) is 14.2. The van der Waals surface area contributed by atoms with Crippen LogP contribution in [0.25, 0.3) is 0 Å². The van der Waals surface area contributed by atoms with Gasteiger partial charge >= 0.3 is 17.9 Å². The van der Waals surface area contributed by atoms with E-state index in [4.69, 9.17) is 22.3 Å². The molecule has 0 aliphatic carbocycles. The summed E-state index contributed by atoms with van der Waals surface area (Å²) >= 11 is 0. The number of carbonyl (C=O) groups is 7. The largest absolute Gasteiger partial charge is 0.481 e. The van der Waals surface area contributed by atoms with Gasteiger partial charge in [-0.25, -0.2) is 4.79 Å². The van der Waals surface area contributed by atoms with Gasteiger partial charge in [0.25, 0.3) is 0 Å². The van der Waals surface area contributed by atoms with Crippen LogP contribution in [0.3, 0.4) is 0 Å². The van der Waals surface area contributed by atoms with Crippen LogP contribution in [-0.4, -0.2) is 111 Å². The number of likely N-dealkylation sites (tertiary alicyclic amines) is 1. The van der Waals surface area contributed by atoms with E-state index in [1.165, 1.54) is 4.90 Å². The Morgan fingerprint density at radius 2 is 1.50 bits per heavy atom. The van der Waals surface area contributed by atoms with Crippen molar-refractivity contribution in [2.75, 3.05) is 13.1 Å². The van der Waals surface area contributed by atoms with Crippen molar-refractivity contribution < 1.29 is 48.9 Å². The van der Waals surface area contributed by atoms with Gasteiger partial charge in [-0.3, -0.25) is 33.8 Å². The van der Waals surface area contributed by atoms with Gasteiger partial charge in [0.2, 0.25) is 23.6 Å². The van der Waals surface area contributed by atoms with E-state index in [-0.39, 0.29) is 44.2 Å². The average molecular weight is 629 g/mol. The van der Waals surface area contributed by atoms with Gasteiger partial charge in [0.1, 0.15) is 24.2 Å². The quantitative estimate of drug-likeness (QED) is 0.0399. The summed E-state index contributed by atoms with van der Waals surface area (Å²) < 4.78 is 0. The summed E-state index contributed by atoms with van der Waals surface area (Å²) in [7, 11) is 0. The predicted molar refractivity (Wildman–Crippen MR) is 155 cm³/mol. The molecular formula is C26H44N8O10. The first-order chi connectivity index (χ1) is 20.5. The summed E-state index contributed by atoms with van der Waals surface area (Å²) in [5, 5.41) is 34.7. The van der Waals surface area contributed by atoms with Crippen LogP contribution in [-0.2, 0) is 33.6 Å². The number of nitrogens with two attached hydrogens (primary N) is 3. The van der Waals surface area contributed by atoms with Crippen molar-refractivity contribution in [1.82, 2.24) is 20.9 Å². The number of carboxylic acid groups (broad SMARTS) is 3. The summed E-state index contributed by atoms with van der Waals surface area (Å²) in [5.41, 5.74) is 16.5. The van der Waals surface area contributed by atoms with Crippen LogP contribution < -0.4 is 33.2 Å². The van der Waals surface area contributed by atoms with Gasteiger partial charge in [-0.1, -0.05) is 13.8 Å². The maximum Gasteiger partial charge on any atom is 0.326 e. The molecule has 0 aromatic carbocycles. The van der Waals surface area contributed by atoms with Gasteiger partial charge in [0.05, 0.1) is 12.5 Å². The summed E-state index contributed by atoms with van der Waals surface area (Å²) in [4.78, 5) is 91.6. The van der Waals surface area contributed by atoms with E-state index in [2.05, 4.69) is 20.9 Å². The molecule has 0 saturated carbocycles. The molecule has 18 heteroatoms. The maximum atomic E-state index is 13.2. The van der Waals surface area contributed by atoms with E-state index in [0.29, 0.717) is 12.8 Å². The number of guanidine groups is 1. The molecule has 44 heavy (non-hydrogen) atoms. The molecular weight excluding hydrogens is 584 g/mol. The van der Waals surface area contributed by atoms with Gasteiger partial charge < -0.3 is 53.4 Å². The minimum atomic E-state index is -1.78. The number of nitrogens with zero attached hydrogens (tertiary/aromatic N) is 2. The Balaban J connectivity index is 3.07. The van der Waals surface area contributed by atoms with E-state index in [0.717, 1.165) is 0 Å². The second-order valence-electron chi connectivity index (χ2n) is 10.9. The Labute approximate surface area is 254 Å². The highest BCUT2D eigenvalue weighted by Gasteiger charge is 2.38. The van der Waals surface area contributed by atoms with Crippen molar-refractivity contribution in [3.05, 3.63) is 0 Å². The number of amides is 4. The predicted octanol–water partition coefficient (Wildman–Crippen LogP) is -2.72. The van der Waals surface area contributed by atoms with Crippen LogP contribution in [0, 0.1) is 5.92 Å². The zero-order valence-corrected chi connectivity index (χ0v) is 24.9. The Morgan fingerprint density at radius 3 is 2.05 bits per heavy atom. The van der Waals surface area contributed by atoms with Crippen molar-refractivity contribution in [3.63, 3.8) is 0 Å². The van der Waals surface area contributed by atoms with Crippen LogP contribution >= 0.6 is 0 Å². The first kappa shape index (κ1) is 37.5. The molecule has 4 amide bonds. The molecule has 0 aromatic heterocycles. The van der Waals surface area contributed by atoms with E-state index >= 15 is 0 Å². The van der Waals surface area contributed by atoms with Gasteiger partial charge in [0, 0.05) is 19.5 Å². The van der Waals surface area contributed by atoms with Crippen LogP contribution in [0.2, 0.25) is 0 Å². The third-order valence-electron chi connectivity index (χ3n) is 6.73. The van der Waals surface area contributed by atoms with Crippen molar-refractivity contribution in [2.24, 2.45) is 28.1 Å². The smallest absolute Gasteiger partial charge is 0.326 e. The topological polar surface area (TPSA) is 310 Å². The monoisotopic (exact) mass is 628 g/mol. The lowest BCUT2D eigenvalue weighted by Crippen LogP contribution is -2.58. The van der Waals surface area contributed by atoms with Gasteiger partial charge in [-0.2, -0.15) is 0 Å². The second kappa shape index (κ2) is 18.2. The highest BCUT2D eigenvalue weighted by molar-refractivity contribution is 5.96. The molecule has 0 aromatic rings. The number of nitrogens with one attached hydrogen (secondary N) is 3. The lowest BCUT2D eigenvalue weighted by molar-refractivity contribution is -0.144. The fourth-order valence-electron chi connectivity index (χ4n) is 4.62. The third kappa shape index (κ3) is 13.2. The van der Waals surface area contributed by atoms with Crippen molar-refractivity contribution >= 4 is 47.5 Å². The van der Waals surface area contributed by atoms with Crippen LogP contribution in [0.1, 0.15) is 65.2 Å². The highest BCUT2D eigenvalue weighted by atomic mass is 16.4. The molecule has 1 heterocycles. The molecule has 1 fully saturated rings. The first-order valence-electron chi connectivity index (χ1n) is 14.2. The Kier molecular flexibility index (Phi) is 15.6. The number of carboxylic acids is 3. The Morgan fingerprint density at radius 1 is 0.886 bits per heavy atom. The number of hydrogen-bond donors (Lipinski definition) is 9. The number of aliphatic carboxylic acids is 3. The van der Waals surface area contributed by atoms with Gasteiger partial charge in [-0.05, 0) is 44.4 Å². The zero-order chi connectivity index (χ0) is 33.6. The van der Waals surface area contributed by atoms with E-state index in [9.17, 15) is 43.8 Å². The van der Waals surface area contributed by atoms with Crippen LogP contribution in [0.5, 0.6) is 0 Å². The molecule has 248 valence electrons. The summed E-state index contributed by atoms with van der Waals surface area (Å²) in [6.07, 6.45) is -0.778. The summed E-state index contributed by atoms with van der Waals surface area (Å²) in [5.74, 6) is -7.71. The second-order valence-corrected chi connectivity index (χ2v) is 10.9. The Hall–Kier alpha value is -4.48. The molecule has 12 N–H and O–H groups in total. The normalized spacial score (nSPS) is 17.1. The summed E-state index contributed by atoms with van der Waals surface area (Å²) in [6, 6.07) is -6.60. The standard InChI is InChI=1S/C26H44N8O10/c1-13(2)11-14(27)24(42)34-10-4-6-18(34)23(41)31-15(7-8-19(35)36)21(39)33-17(12-20(37)38)22(40)32-16(25(43)44)5-3-9-30-26(28)29/h13-18H,3-12,27H2,1-2H3,(H,31,41)(H,32,40)(H,33,39)(H,35,36)(H,37,38)(H,43,44)(H4,28,29,30)/t14-,15-,16-,17-,18-/m0/s1. The zero-order valence-electron chi connectivity index (χ0n) is 24.9. The summed E-state index contributed by atoms with van der Waals surface area (Å²) in [6.45, 7) is 4.10. The number of carbonyl (C=O) groups excluding carboxylic acids is 4. The fraction of sp³-hybridized carbons (Fsp3) is 0.692. The number of hydrogen-bond acceptors (Lipinski definition) is 9. The molecule has 0 radical (unpaired) electrons. The van der Waals surface area contributed by atoms with Crippen LogP contribution in [0.4, 0.5) is 0 Å². The lowest BCUT2D eigenvalue weighted by Gasteiger charge is -2.29. The molecule has 1 rings (SSSR count). The van der Waals surface area contributed by atoms with Gasteiger partial charge in [0.15, 0.2) is 5.96 Å². The molecule has 1 aliphatic rings. The fourth-order valence-corrected chi connectivity index (χ4v) is 4.62. The molecule has 0 bridgehead atoms.